The number of esters is 1. The average Bonchev–Trinajstić information content (AvgIpc) is 2.83. The minimum atomic E-state index is -4.44. The first-order chi connectivity index (χ1) is 18.0. The Morgan fingerprint density at radius 1 is 0.872 bits per heavy atom. The molecular weight excluding hydrogens is 515 g/mol. The van der Waals surface area contributed by atoms with E-state index in [-0.39, 0.29) is 17.6 Å². The van der Waals surface area contributed by atoms with Crippen LogP contribution in [0.15, 0.2) is 48.5 Å². The number of rotatable bonds is 6. The zero-order valence-electron chi connectivity index (χ0n) is 22.6. The monoisotopic (exact) mass is 549 g/mol. The second kappa shape index (κ2) is 11.5. The Kier molecular flexibility index (Phi) is 8.82. The van der Waals surface area contributed by atoms with Gasteiger partial charge in [-0.05, 0) is 96.0 Å². The molecule has 3 rings (SSSR count). The number of anilines is 1. The van der Waals surface area contributed by atoms with Gasteiger partial charge in [-0.25, -0.2) is 9.59 Å². The Bertz CT molecular complexity index is 1160. The summed E-state index contributed by atoms with van der Waals surface area (Å²) in [5.41, 5.74) is -1.95. The molecule has 2 N–H and O–H groups in total. The summed E-state index contributed by atoms with van der Waals surface area (Å²) in [6.45, 7) is 9.40. The number of likely N-dealkylation sites (tertiary alicyclic amines) is 1. The molecule has 0 aliphatic carbocycles. The first-order valence-electron chi connectivity index (χ1n) is 12.6. The van der Waals surface area contributed by atoms with Crippen molar-refractivity contribution in [1.82, 2.24) is 10.2 Å². The lowest BCUT2D eigenvalue weighted by molar-refractivity contribution is -0.170. The van der Waals surface area contributed by atoms with Gasteiger partial charge < -0.3 is 25.0 Å². The topological polar surface area (TPSA) is 97.0 Å². The third-order valence-electron chi connectivity index (χ3n) is 5.95. The molecule has 0 bridgehead atoms. The van der Waals surface area contributed by atoms with Crippen LogP contribution in [0.1, 0.15) is 63.4 Å². The van der Waals surface area contributed by atoms with Crippen molar-refractivity contribution in [3.05, 3.63) is 59.7 Å². The Balaban J connectivity index is 1.47. The number of alkyl halides is 3. The summed E-state index contributed by atoms with van der Waals surface area (Å²) in [4.78, 5) is 39.3. The van der Waals surface area contributed by atoms with Crippen LogP contribution in [-0.4, -0.2) is 53.1 Å². The number of carbonyl (C=O) groups excluding carboxylic acids is 3. The van der Waals surface area contributed by atoms with E-state index in [0.29, 0.717) is 37.2 Å². The quantitative estimate of drug-likeness (QED) is 0.455. The van der Waals surface area contributed by atoms with Crippen molar-refractivity contribution in [1.29, 1.82) is 0 Å². The van der Waals surface area contributed by atoms with Crippen molar-refractivity contribution < 1.29 is 37.0 Å². The zero-order valence-corrected chi connectivity index (χ0v) is 22.6. The van der Waals surface area contributed by atoms with Gasteiger partial charge in [-0.15, -0.1) is 0 Å². The highest BCUT2D eigenvalue weighted by Gasteiger charge is 2.35. The smallest absolute Gasteiger partial charge is 0.416 e. The van der Waals surface area contributed by atoms with Gasteiger partial charge in [0.1, 0.15) is 11.4 Å². The predicted molar refractivity (Wildman–Crippen MR) is 140 cm³/mol. The van der Waals surface area contributed by atoms with Crippen LogP contribution in [0.4, 0.5) is 23.7 Å². The predicted octanol–water partition coefficient (Wildman–Crippen LogP) is 5.63. The molecule has 11 heteroatoms. The van der Waals surface area contributed by atoms with Crippen molar-refractivity contribution >= 4 is 23.6 Å². The molecule has 1 aliphatic rings. The van der Waals surface area contributed by atoms with Crippen molar-refractivity contribution in [3.63, 3.8) is 0 Å². The molecule has 1 heterocycles. The number of halogens is 3. The summed E-state index contributed by atoms with van der Waals surface area (Å²) in [5, 5.41) is 5.33. The highest BCUT2D eigenvalue weighted by atomic mass is 19.4. The van der Waals surface area contributed by atoms with Crippen LogP contribution in [0.2, 0.25) is 0 Å². The Hall–Kier alpha value is -3.76. The van der Waals surface area contributed by atoms with Crippen LogP contribution >= 0.6 is 0 Å². The maximum absolute atomic E-state index is 13.0. The average molecular weight is 550 g/mol. The standard InChI is InChI=1S/C28H34F3N3O5/c1-26(2,3)39-24(36)27(4,5)38-22-12-6-18(7-13-22)23(35)34-16-14-21(15-17-34)33-25(37)32-20-10-8-19(9-11-20)28(29,30)31/h6-13,21H,14-17H2,1-5H3,(H2,32,33,37). The second-order valence-electron chi connectivity index (χ2n) is 10.9. The molecular formula is C28H34F3N3O5. The molecule has 2 aromatic rings. The van der Waals surface area contributed by atoms with Crippen molar-refractivity contribution in [2.45, 2.75) is 70.9 Å². The molecule has 8 nitrogen and oxygen atoms in total. The van der Waals surface area contributed by atoms with Gasteiger partial charge in [-0.1, -0.05) is 0 Å². The van der Waals surface area contributed by atoms with E-state index in [1.54, 1.807) is 63.8 Å². The normalized spacial score (nSPS) is 14.9. The van der Waals surface area contributed by atoms with Crippen LogP contribution < -0.4 is 15.4 Å². The molecule has 0 aromatic heterocycles. The van der Waals surface area contributed by atoms with E-state index in [0.717, 1.165) is 12.1 Å². The number of ether oxygens (including phenoxy) is 2. The van der Waals surface area contributed by atoms with Crippen molar-refractivity contribution in [3.8, 4) is 5.75 Å². The Labute approximate surface area is 225 Å². The number of nitrogens with zero attached hydrogens (tertiary/aromatic N) is 1. The molecule has 3 amide bonds. The maximum atomic E-state index is 13.0. The molecule has 1 saturated heterocycles. The van der Waals surface area contributed by atoms with E-state index in [2.05, 4.69) is 10.6 Å². The Morgan fingerprint density at radius 2 is 1.44 bits per heavy atom. The van der Waals surface area contributed by atoms with E-state index in [9.17, 15) is 27.6 Å². The number of piperidine rings is 1. The number of benzene rings is 2. The van der Waals surface area contributed by atoms with Gasteiger partial charge in [0.05, 0.1) is 5.56 Å². The third kappa shape index (κ3) is 8.62. The summed E-state index contributed by atoms with van der Waals surface area (Å²) in [6.07, 6.45) is -3.39. The highest BCUT2D eigenvalue weighted by Crippen LogP contribution is 2.30. The third-order valence-corrected chi connectivity index (χ3v) is 5.95. The fourth-order valence-electron chi connectivity index (χ4n) is 3.91. The lowest BCUT2D eigenvalue weighted by atomic mass is 10.0. The lowest BCUT2D eigenvalue weighted by Gasteiger charge is -2.32. The molecule has 0 atom stereocenters. The van der Waals surface area contributed by atoms with Gasteiger partial charge in [0, 0.05) is 30.4 Å². The summed E-state index contributed by atoms with van der Waals surface area (Å²) < 4.78 is 49.3. The fraction of sp³-hybridized carbons (Fsp3) is 0.464. The SMILES string of the molecule is CC(C)(C)OC(=O)C(C)(C)Oc1ccc(C(=O)N2CCC(NC(=O)Nc3ccc(C(F)(F)F)cc3)CC2)cc1. The first-order valence-corrected chi connectivity index (χ1v) is 12.6. The van der Waals surface area contributed by atoms with Crippen molar-refractivity contribution in [2.24, 2.45) is 0 Å². The molecule has 2 aromatic carbocycles. The zero-order chi connectivity index (χ0) is 29.0. The number of hydrogen-bond donors (Lipinski definition) is 2. The number of hydrogen-bond acceptors (Lipinski definition) is 5. The van der Waals surface area contributed by atoms with E-state index in [4.69, 9.17) is 9.47 Å². The fourth-order valence-corrected chi connectivity index (χ4v) is 3.91. The molecule has 0 radical (unpaired) electrons. The maximum Gasteiger partial charge on any atom is 0.416 e. The highest BCUT2D eigenvalue weighted by molar-refractivity contribution is 5.94. The molecule has 0 spiro atoms. The van der Waals surface area contributed by atoms with Crippen LogP contribution in [0.3, 0.4) is 0 Å². The number of nitrogens with one attached hydrogen (secondary N) is 2. The number of amides is 3. The minimum absolute atomic E-state index is 0.166. The van der Waals surface area contributed by atoms with E-state index in [1.807, 2.05) is 0 Å². The first kappa shape index (κ1) is 29.8. The minimum Gasteiger partial charge on any atom is -0.476 e. The van der Waals surface area contributed by atoms with Crippen LogP contribution in [0.25, 0.3) is 0 Å². The summed E-state index contributed by atoms with van der Waals surface area (Å²) in [5.74, 6) is -0.246. The Morgan fingerprint density at radius 3 is 1.95 bits per heavy atom. The van der Waals surface area contributed by atoms with Gasteiger partial charge in [-0.3, -0.25) is 4.79 Å². The van der Waals surface area contributed by atoms with E-state index in [1.165, 1.54) is 12.1 Å². The van der Waals surface area contributed by atoms with Crippen LogP contribution in [0.5, 0.6) is 5.75 Å². The van der Waals surface area contributed by atoms with E-state index >= 15 is 0 Å². The molecule has 1 aliphatic heterocycles. The molecule has 0 saturated carbocycles. The molecule has 39 heavy (non-hydrogen) atoms. The lowest BCUT2D eigenvalue weighted by Crippen LogP contribution is -2.47. The van der Waals surface area contributed by atoms with Gasteiger partial charge in [-0.2, -0.15) is 13.2 Å². The van der Waals surface area contributed by atoms with Gasteiger partial charge in [0.25, 0.3) is 5.91 Å². The van der Waals surface area contributed by atoms with Crippen molar-refractivity contribution in [2.75, 3.05) is 18.4 Å². The summed E-state index contributed by atoms with van der Waals surface area (Å²) in [6, 6.07) is 9.99. The van der Waals surface area contributed by atoms with Crippen LogP contribution in [0, 0.1) is 0 Å². The summed E-state index contributed by atoms with van der Waals surface area (Å²) >= 11 is 0. The number of carbonyl (C=O) groups is 3. The second-order valence-corrected chi connectivity index (χ2v) is 10.9. The van der Waals surface area contributed by atoms with Gasteiger partial charge >= 0.3 is 18.2 Å². The molecule has 1 fully saturated rings. The van der Waals surface area contributed by atoms with Gasteiger partial charge in [0.15, 0.2) is 5.60 Å². The van der Waals surface area contributed by atoms with E-state index < -0.39 is 34.9 Å². The largest absolute Gasteiger partial charge is 0.476 e. The number of urea groups is 1. The summed E-state index contributed by atoms with van der Waals surface area (Å²) in [7, 11) is 0. The molecule has 212 valence electrons. The van der Waals surface area contributed by atoms with Crippen LogP contribution in [-0.2, 0) is 15.7 Å². The van der Waals surface area contributed by atoms with Gasteiger partial charge in [0.2, 0.25) is 0 Å². The molecule has 0 unspecified atom stereocenters.